The molecule has 0 fully saturated rings. The van der Waals surface area contributed by atoms with E-state index < -0.39 is 11.8 Å². The lowest BCUT2D eigenvalue weighted by molar-refractivity contribution is -0.116. The molecule has 1 N–H and O–H groups in total. The summed E-state index contributed by atoms with van der Waals surface area (Å²) in [6.07, 6.45) is 0. The van der Waals surface area contributed by atoms with Crippen LogP contribution in [-0.4, -0.2) is 29.8 Å². The molecule has 0 bridgehead atoms. The fourth-order valence-electron chi connectivity index (χ4n) is 2.69. The first-order valence-electron chi connectivity index (χ1n) is 9.27. The number of likely N-dealkylation sites (N-methyl/N-ethyl adjacent to an activating group) is 1. The number of nitrogens with zero attached hydrogens (tertiary/aromatic N) is 1. The van der Waals surface area contributed by atoms with Gasteiger partial charge in [-0.3, -0.25) is 9.59 Å². The number of amides is 2. The highest BCUT2D eigenvalue weighted by Gasteiger charge is 2.21. The lowest BCUT2D eigenvalue weighted by Gasteiger charge is -2.19. The third-order valence-corrected chi connectivity index (χ3v) is 4.86. The topological polar surface area (TPSA) is 71.8 Å². The number of benzene rings is 2. The highest BCUT2D eigenvalue weighted by atomic mass is 35.5. The van der Waals surface area contributed by atoms with Crippen molar-refractivity contribution in [1.82, 2.24) is 4.90 Å². The van der Waals surface area contributed by atoms with Gasteiger partial charge in [-0.1, -0.05) is 47.5 Å². The molecule has 0 radical (unpaired) electrons. The average Bonchev–Trinajstić information content (AvgIpc) is 3.22. The van der Waals surface area contributed by atoms with E-state index in [0.29, 0.717) is 33.8 Å². The summed E-state index contributed by atoms with van der Waals surface area (Å²) in [6.45, 7) is 2.11. The predicted octanol–water partition coefficient (Wildman–Crippen LogP) is 5.27. The standard InChI is InChI=1S/C22H20Cl2N2O4/c1-2-26(13-20(27)25-21-17(23)9-6-10-18(21)24)22(28)19-12-11-16(30-19)14-29-15-7-4-3-5-8-15/h3-12H,2,13-14H2,1H3,(H,25,27). The maximum Gasteiger partial charge on any atom is 0.290 e. The molecule has 8 heteroatoms. The normalized spacial score (nSPS) is 10.5. The molecule has 3 rings (SSSR count). The quantitative estimate of drug-likeness (QED) is 0.511. The fourth-order valence-corrected chi connectivity index (χ4v) is 3.19. The molecule has 0 aliphatic heterocycles. The van der Waals surface area contributed by atoms with Crippen LogP contribution in [0.25, 0.3) is 0 Å². The highest BCUT2D eigenvalue weighted by molar-refractivity contribution is 6.39. The van der Waals surface area contributed by atoms with Crippen molar-refractivity contribution >= 4 is 40.7 Å². The minimum Gasteiger partial charge on any atom is -0.486 e. The second kappa shape index (κ2) is 10.2. The largest absolute Gasteiger partial charge is 0.486 e. The molecule has 0 unspecified atom stereocenters. The number of para-hydroxylation sites is 2. The maximum absolute atomic E-state index is 12.7. The minimum atomic E-state index is -0.417. The number of hydrogen-bond acceptors (Lipinski definition) is 4. The molecular formula is C22H20Cl2N2O4. The van der Waals surface area contributed by atoms with Crippen LogP contribution in [0.3, 0.4) is 0 Å². The van der Waals surface area contributed by atoms with Crippen molar-refractivity contribution in [3.63, 3.8) is 0 Å². The average molecular weight is 447 g/mol. The van der Waals surface area contributed by atoms with Crippen LogP contribution in [0.2, 0.25) is 10.0 Å². The smallest absolute Gasteiger partial charge is 0.290 e. The van der Waals surface area contributed by atoms with Crippen molar-refractivity contribution in [2.75, 3.05) is 18.4 Å². The summed E-state index contributed by atoms with van der Waals surface area (Å²) in [4.78, 5) is 26.5. The molecule has 0 saturated heterocycles. The zero-order valence-corrected chi connectivity index (χ0v) is 17.7. The van der Waals surface area contributed by atoms with E-state index >= 15 is 0 Å². The Hall–Kier alpha value is -2.96. The number of ether oxygens (including phenoxy) is 1. The van der Waals surface area contributed by atoms with Crippen molar-refractivity contribution in [2.24, 2.45) is 0 Å². The number of hydrogen-bond donors (Lipinski definition) is 1. The van der Waals surface area contributed by atoms with Crippen LogP contribution in [-0.2, 0) is 11.4 Å². The second-order valence-electron chi connectivity index (χ2n) is 6.33. The lowest BCUT2D eigenvalue weighted by atomic mass is 10.3. The highest BCUT2D eigenvalue weighted by Crippen LogP contribution is 2.29. The minimum absolute atomic E-state index is 0.132. The van der Waals surface area contributed by atoms with Crippen molar-refractivity contribution < 1.29 is 18.7 Å². The summed E-state index contributed by atoms with van der Waals surface area (Å²) in [6, 6.07) is 17.4. The van der Waals surface area contributed by atoms with Crippen LogP contribution in [0.15, 0.2) is 65.1 Å². The van der Waals surface area contributed by atoms with Gasteiger partial charge in [0, 0.05) is 6.54 Å². The summed E-state index contributed by atoms with van der Waals surface area (Å²) >= 11 is 12.1. The van der Waals surface area contributed by atoms with E-state index in [0.717, 1.165) is 0 Å². The molecule has 0 aliphatic carbocycles. The Labute approximate surface area is 184 Å². The van der Waals surface area contributed by atoms with Gasteiger partial charge in [0.25, 0.3) is 5.91 Å². The van der Waals surface area contributed by atoms with Gasteiger partial charge < -0.3 is 19.4 Å². The first-order chi connectivity index (χ1) is 14.5. The fraction of sp³-hybridized carbons (Fsp3) is 0.182. The number of nitrogens with one attached hydrogen (secondary N) is 1. The van der Waals surface area contributed by atoms with Gasteiger partial charge in [-0.2, -0.15) is 0 Å². The molecule has 3 aromatic rings. The number of carbonyl (C=O) groups excluding carboxylic acids is 2. The molecule has 0 saturated carbocycles. The second-order valence-corrected chi connectivity index (χ2v) is 7.15. The van der Waals surface area contributed by atoms with E-state index in [1.165, 1.54) is 4.90 Å². The Morgan fingerprint density at radius 3 is 2.37 bits per heavy atom. The summed E-state index contributed by atoms with van der Waals surface area (Å²) in [5.74, 6) is 0.521. The van der Waals surface area contributed by atoms with E-state index in [-0.39, 0.29) is 18.9 Å². The van der Waals surface area contributed by atoms with Crippen LogP contribution in [0.5, 0.6) is 5.75 Å². The molecule has 30 heavy (non-hydrogen) atoms. The summed E-state index contributed by atoms with van der Waals surface area (Å²) < 4.78 is 11.2. The number of anilines is 1. The molecule has 2 aromatic carbocycles. The number of rotatable bonds is 8. The van der Waals surface area contributed by atoms with Gasteiger partial charge in [-0.05, 0) is 43.3 Å². The Kier molecular flexibility index (Phi) is 7.38. The third-order valence-electron chi connectivity index (χ3n) is 4.23. The van der Waals surface area contributed by atoms with Crippen molar-refractivity contribution in [3.8, 4) is 5.75 Å². The van der Waals surface area contributed by atoms with Crippen LogP contribution in [0.1, 0.15) is 23.2 Å². The van der Waals surface area contributed by atoms with Gasteiger partial charge in [0.1, 0.15) is 24.7 Å². The van der Waals surface area contributed by atoms with Crippen LogP contribution < -0.4 is 10.1 Å². The van der Waals surface area contributed by atoms with E-state index in [2.05, 4.69) is 5.32 Å². The lowest BCUT2D eigenvalue weighted by Crippen LogP contribution is -2.37. The Bertz CT molecular complexity index is 1000. The summed E-state index contributed by atoms with van der Waals surface area (Å²) in [5.41, 5.74) is 0.313. The molecule has 0 aliphatic rings. The molecule has 0 spiro atoms. The molecular weight excluding hydrogens is 427 g/mol. The number of carbonyl (C=O) groups is 2. The van der Waals surface area contributed by atoms with Crippen LogP contribution in [0, 0.1) is 0 Å². The molecule has 0 atom stereocenters. The molecule has 2 amide bonds. The zero-order chi connectivity index (χ0) is 21.5. The zero-order valence-electron chi connectivity index (χ0n) is 16.2. The first-order valence-corrected chi connectivity index (χ1v) is 10.0. The number of halogens is 2. The third kappa shape index (κ3) is 5.55. The van der Waals surface area contributed by atoms with Crippen molar-refractivity contribution in [2.45, 2.75) is 13.5 Å². The number of furan rings is 1. The molecule has 6 nitrogen and oxygen atoms in total. The SMILES string of the molecule is CCN(CC(=O)Nc1c(Cl)cccc1Cl)C(=O)c1ccc(COc2ccccc2)o1. The Morgan fingerprint density at radius 1 is 1.00 bits per heavy atom. The van der Waals surface area contributed by atoms with Crippen LogP contribution >= 0.6 is 23.2 Å². The summed E-state index contributed by atoms with van der Waals surface area (Å²) in [5, 5.41) is 3.28. The van der Waals surface area contributed by atoms with Gasteiger partial charge in [0.05, 0.1) is 15.7 Å². The molecule has 156 valence electrons. The van der Waals surface area contributed by atoms with E-state index in [1.807, 2.05) is 30.3 Å². The van der Waals surface area contributed by atoms with Gasteiger partial charge in [-0.15, -0.1) is 0 Å². The van der Waals surface area contributed by atoms with Crippen LogP contribution in [0.4, 0.5) is 5.69 Å². The maximum atomic E-state index is 12.7. The monoisotopic (exact) mass is 446 g/mol. The first kappa shape index (κ1) is 21.7. The van der Waals surface area contributed by atoms with Gasteiger partial charge in [0.15, 0.2) is 5.76 Å². The molecule has 1 heterocycles. The van der Waals surface area contributed by atoms with Gasteiger partial charge in [0.2, 0.25) is 5.91 Å². The van der Waals surface area contributed by atoms with E-state index in [1.54, 1.807) is 37.3 Å². The van der Waals surface area contributed by atoms with Gasteiger partial charge in [-0.25, -0.2) is 0 Å². The van der Waals surface area contributed by atoms with E-state index in [4.69, 9.17) is 32.4 Å². The van der Waals surface area contributed by atoms with Gasteiger partial charge >= 0.3 is 0 Å². The summed E-state index contributed by atoms with van der Waals surface area (Å²) in [7, 11) is 0. The van der Waals surface area contributed by atoms with E-state index in [9.17, 15) is 9.59 Å². The predicted molar refractivity (Wildman–Crippen MR) is 116 cm³/mol. The Morgan fingerprint density at radius 2 is 1.70 bits per heavy atom. The Balaban J connectivity index is 1.60. The van der Waals surface area contributed by atoms with Crippen molar-refractivity contribution in [3.05, 3.63) is 82.2 Å². The van der Waals surface area contributed by atoms with Crippen molar-refractivity contribution in [1.29, 1.82) is 0 Å². The molecule has 1 aromatic heterocycles.